The van der Waals surface area contributed by atoms with Crippen LogP contribution in [0.3, 0.4) is 0 Å². The molecule has 3 aromatic carbocycles. The van der Waals surface area contributed by atoms with Crippen LogP contribution in [0.1, 0.15) is 52.5 Å². The Bertz CT molecular complexity index is 1090. The molecule has 3 aromatic rings. The van der Waals surface area contributed by atoms with Crippen LogP contribution in [0.5, 0.6) is 11.5 Å². The summed E-state index contributed by atoms with van der Waals surface area (Å²) in [6, 6.07) is 23.5. The summed E-state index contributed by atoms with van der Waals surface area (Å²) in [4.78, 5) is 12.7. The van der Waals surface area contributed by atoms with Gasteiger partial charge < -0.3 is 14.8 Å². The third kappa shape index (κ3) is 3.54. The van der Waals surface area contributed by atoms with Gasteiger partial charge in [-0.3, -0.25) is 4.79 Å². The molecule has 0 heterocycles. The Morgan fingerprint density at radius 3 is 2.16 bits per heavy atom. The molecular formula is C28H29NO3. The fourth-order valence-corrected chi connectivity index (χ4v) is 5.69. The highest BCUT2D eigenvalue weighted by molar-refractivity contribution is 5.76. The van der Waals surface area contributed by atoms with Crippen molar-refractivity contribution in [2.45, 2.75) is 31.1 Å². The largest absolute Gasteiger partial charge is 0.493 e. The lowest BCUT2D eigenvalue weighted by molar-refractivity contribution is -0.121. The fraction of sp³-hybridized carbons (Fsp3) is 0.321. The van der Waals surface area contributed by atoms with E-state index < -0.39 is 0 Å². The quantitative estimate of drug-likeness (QED) is 0.574. The SMILES string of the molecule is COc1cccc(CCC(=O)NCC2CC3c4ccccc4C2c2ccccc23)c1OC. The number of nitrogens with one attached hydrogen (secondary N) is 1. The number of ether oxygens (including phenoxy) is 2. The van der Waals surface area contributed by atoms with Crippen molar-refractivity contribution in [1.29, 1.82) is 0 Å². The number of hydrogen-bond donors (Lipinski definition) is 1. The number of carbonyl (C=O) groups is 1. The number of rotatable bonds is 7. The van der Waals surface area contributed by atoms with Crippen molar-refractivity contribution >= 4 is 5.91 Å². The first-order valence-corrected chi connectivity index (χ1v) is 11.4. The number of methoxy groups -OCH3 is 2. The zero-order chi connectivity index (χ0) is 22.1. The Morgan fingerprint density at radius 1 is 0.875 bits per heavy atom. The Balaban J connectivity index is 1.27. The van der Waals surface area contributed by atoms with E-state index in [0.717, 1.165) is 12.0 Å². The number of para-hydroxylation sites is 1. The van der Waals surface area contributed by atoms with Crippen LogP contribution in [0.2, 0.25) is 0 Å². The second kappa shape index (κ2) is 8.70. The molecule has 0 aliphatic heterocycles. The van der Waals surface area contributed by atoms with E-state index in [1.165, 1.54) is 22.3 Å². The molecule has 0 radical (unpaired) electrons. The summed E-state index contributed by atoms with van der Waals surface area (Å²) < 4.78 is 10.9. The highest BCUT2D eigenvalue weighted by Gasteiger charge is 2.42. The van der Waals surface area contributed by atoms with Crippen LogP contribution in [-0.4, -0.2) is 26.7 Å². The van der Waals surface area contributed by atoms with Gasteiger partial charge in [0, 0.05) is 24.8 Å². The lowest BCUT2D eigenvalue weighted by Gasteiger charge is -2.45. The Kier molecular flexibility index (Phi) is 5.60. The molecule has 0 fully saturated rings. The smallest absolute Gasteiger partial charge is 0.220 e. The molecule has 4 nitrogen and oxygen atoms in total. The maximum absolute atomic E-state index is 12.7. The van der Waals surface area contributed by atoms with Gasteiger partial charge in [0.15, 0.2) is 11.5 Å². The second-order valence-corrected chi connectivity index (χ2v) is 8.74. The van der Waals surface area contributed by atoms with E-state index in [4.69, 9.17) is 9.47 Å². The number of hydrogen-bond acceptors (Lipinski definition) is 3. The van der Waals surface area contributed by atoms with Crippen molar-refractivity contribution in [3.8, 4) is 11.5 Å². The lowest BCUT2D eigenvalue weighted by Crippen LogP contribution is -2.39. The Morgan fingerprint density at radius 2 is 1.53 bits per heavy atom. The van der Waals surface area contributed by atoms with E-state index in [-0.39, 0.29) is 5.91 Å². The molecule has 1 atom stereocenters. The maximum atomic E-state index is 12.7. The molecule has 6 rings (SSSR count). The van der Waals surface area contributed by atoms with Crippen molar-refractivity contribution in [2.24, 2.45) is 5.92 Å². The van der Waals surface area contributed by atoms with Crippen LogP contribution in [-0.2, 0) is 11.2 Å². The minimum atomic E-state index is 0.0814. The summed E-state index contributed by atoms with van der Waals surface area (Å²) in [5, 5.41) is 3.22. The Hall–Kier alpha value is -3.27. The van der Waals surface area contributed by atoms with Crippen LogP contribution in [0, 0.1) is 5.92 Å². The van der Waals surface area contributed by atoms with Gasteiger partial charge in [-0.25, -0.2) is 0 Å². The number of amides is 1. The van der Waals surface area contributed by atoms with Crippen LogP contribution < -0.4 is 14.8 Å². The van der Waals surface area contributed by atoms with Crippen LogP contribution in [0.4, 0.5) is 0 Å². The maximum Gasteiger partial charge on any atom is 0.220 e. The predicted octanol–water partition coefficient (Wildman–Crippen LogP) is 5.05. The van der Waals surface area contributed by atoms with Gasteiger partial charge in [-0.1, -0.05) is 60.7 Å². The van der Waals surface area contributed by atoms with Gasteiger partial charge in [0.1, 0.15) is 0 Å². The number of carbonyl (C=O) groups excluding carboxylic acids is 1. The summed E-state index contributed by atoms with van der Waals surface area (Å²) in [5.74, 6) is 2.68. The first-order valence-electron chi connectivity index (χ1n) is 11.4. The van der Waals surface area contributed by atoms with Crippen molar-refractivity contribution < 1.29 is 14.3 Å². The van der Waals surface area contributed by atoms with Gasteiger partial charge in [-0.15, -0.1) is 0 Å². The molecule has 1 N–H and O–H groups in total. The normalized spacial score (nSPS) is 20.2. The third-order valence-electron chi connectivity index (χ3n) is 7.09. The average molecular weight is 428 g/mol. The van der Waals surface area contributed by atoms with Crippen LogP contribution >= 0.6 is 0 Å². The summed E-state index contributed by atoms with van der Waals surface area (Å²) in [7, 11) is 3.26. The lowest BCUT2D eigenvalue weighted by atomic mass is 9.59. The van der Waals surface area contributed by atoms with Crippen molar-refractivity contribution in [2.75, 3.05) is 20.8 Å². The summed E-state index contributed by atoms with van der Waals surface area (Å²) in [5.41, 5.74) is 6.78. The Labute approximate surface area is 189 Å². The number of benzene rings is 3. The van der Waals surface area contributed by atoms with Gasteiger partial charge in [0.05, 0.1) is 14.2 Å². The summed E-state index contributed by atoms with van der Waals surface area (Å²) in [6.45, 7) is 0.706. The monoisotopic (exact) mass is 427 g/mol. The second-order valence-electron chi connectivity index (χ2n) is 8.74. The summed E-state index contributed by atoms with van der Waals surface area (Å²) >= 11 is 0. The van der Waals surface area contributed by atoms with E-state index in [1.54, 1.807) is 14.2 Å². The molecule has 0 saturated heterocycles. The predicted molar refractivity (Wildman–Crippen MR) is 126 cm³/mol. The molecule has 1 amide bonds. The summed E-state index contributed by atoms with van der Waals surface area (Å²) in [6.07, 6.45) is 2.13. The molecule has 2 bridgehead atoms. The van der Waals surface area contributed by atoms with Gasteiger partial charge in [0.25, 0.3) is 0 Å². The first kappa shape index (κ1) is 20.6. The zero-order valence-electron chi connectivity index (χ0n) is 18.6. The molecule has 3 aliphatic carbocycles. The minimum absolute atomic E-state index is 0.0814. The molecular weight excluding hydrogens is 398 g/mol. The van der Waals surface area contributed by atoms with Gasteiger partial charge in [0.2, 0.25) is 5.91 Å². The minimum Gasteiger partial charge on any atom is -0.493 e. The number of aryl methyl sites for hydroxylation is 1. The van der Waals surface area contributed by atoms with Crippen molar-refractivity contribution in [3.05, 3.63) is 94.5 Å². The molecule has 164 valence electrons. The van der Waals surface area contributed by atoms with E-state index in [1.807, 2.05) is 18.2 Å². The van der Waals surface area contributed by atoms with E-state index >= 15 is 0 Å². The van der Waals surface area contributed by atoms with Crippen LogP contribution in [0.15, 0.2) is 66.7 Å². The van der Waals surface area contributed by atoms with E-state index in [2.05, 4.69) is 53.8 Å². The average Bonchev–Trinajstić information content (AvgIpc) is 2.86. The number of fused-ring (bicyclic) bond motifs is 1. The fourth-order valence-electron chi connectivity index (χ4n) is 5.69. The topological polar surface area (TPSA) is 47.6 Å². The molecule has 0 saturated carbocycles. The molecule has 1 unspecified atom stereocenters. The highest BCUT2D eigenvalue weighted by atomic mass is 16.5. The molecule has 3 aliphatic rings. The third-order valence-corrected chi connectivity index (χ3v) is 7.09. The standard InChI is InChI=1S/C28H29NO3/c1-31-25-13-7-8-18(28(25)32-2)14-15-26(30)29-17-19-16-24-20-9-3-5-11-22(20)27(19)23-12-6-4-10-21(23)24/h3-13,19,24,27H,14-17H2,1-2H3,(H,29,30). The first-order chi connectivity index (χ1) is 15.7. The van der Waals surface area contributed by atoms with Gasteiger partial charge in [-0.05, 0) is 52.6 Å². The molecule has 0 aromatic heterocycles. The molecule has 4 heteroatoms. The van der Waals surface area contributed by atoms with Crippen molar-refractivity contribution in [1.82, 2.24) is 5.32 Å². The van der Waals surface area contributed by atoms with Gasteiger partial charge >= 0.3 is 0 Å². The van der Waals surface area contributed by atoms with Crippen LogP contribution in [0.25, 0.3) is 0 Å². The zero-order valence-corrected chi connectivity index (χ0v) is 18.6. The van der Waals surface area contributed by atoms with Gasteiger partial charge in [-0.2, -0.15) is 0 Å². The highest BCUT2D eigenvalue weighted by Crippen LogP contribution is 2.55. The van der Waals surface area contributed by atoms with Crippen molar-refractivity contribution in [3.63, 3.8) is 0 Å². The molecule has 32 heavy (non-hydrogen) atoms. The molecule has 0 spiro atoms. The van der Waals surface area contributed by atoms with E-state index in [9.17, 15) is 4.79 Å². The van der Waals surface area contributed by atoms with E-state index in [0.29, 0.717) is 48.6 Å².